The van der Waals surface area contributed by atoms with Gasteiger partial charge in [0.15, 0.2) is 0 Å². The minimum absolute atomic E-state index is 0.0488. The standard InChI is InChI=1S/C19H24N2O2/c1-14-10-11-18(23-4)17(12-14)20-19(22)15(2)21(3)13-16-8-6-5-7-9-16/h5-12,15H,13H2,1-4H3,(H,20,22)/t15-/m1/s1. The van der Waals surface area contributed by atoms with E-state index in [9.17, 15) is 4.79 Å². The summed E-state index contributed by atoms with van der Waals surface area (Å²) in [4.78, 5) is 14.5. The van der Waals surface area contributed by atoms with Gasteiger partial charge in [0.05, 0.1) is 18.8 Å². The summed E-state index contributed by atoms with van der Waals surface area (Å²) < 4.78 is 5.31. The Hall–Kier alpha value is -2.33. The van der Waals surface area contributed by atoms with E-state index in [0.29, 0.717) is 11.4 Å². The maximum atomic E-state index is 12.5. The highest BCUT2D eigenvalue weighted by atomic mass is 16.5. The molecule has 0 fully saturated rings. The zero-order valence-electron chi connectivity index (χ0n) is 14.2. The number of carbonyl (C=O) groups is 1. The summed E-state index contributed by atoms with van der Waals surface area (Å²) >= 11 is 0. The van der Waals surface area contributed by atoms with Gasteiger partial charge in [0.25, 0.3) is 0 Å². The van der Waals surface area contributed by atoms with E-state index in [-0.39, 0.29) is 11.9 Å². The summed E-state index contributed by atoms with van der Waals surface area (Å²) in [5.74, 6) is 0.620. The molecule has 2 aromatic rings. The molecule has 1 amide bonds. The smallest absolute Gasteiger partial charge is 0.241 e. The van der Waals surface area contributed by atoms with Gasteiger partial charge in [-0.2, -0.15) is 0 Å². The van der Waals surface area contributed by atoms with E-state index in [1.54, 1.807) is 7.11 Å². The minimum atomic E-state index is -0.250. The van der Waals surface area contributed by atoms with Gasteiger partial charge in [-0.3, -0.25) is 9.69 Å². The van der Waals surface area contributed by atoms with Crippen LogP contribution in [0.5, 0.6) is 5.75 Å². The Balaban J connectivity index is 2.03. The highest BCUT2D eigenvalue weighted by Gasteiger charge is 2.19. The molecule has 0 spiro atoms. The Kier molecular flexibility index (Phi) is 5.77. The number of carbonyl (C=O) groups excluding carboxylic acids is 1. The molecule has 0 saturated carbocycles. The SMILES string of the molecule is COc1ccc(C)cc1NC(=O)[C@@H](C)N(C)Cc1ccccc1. The summed E-state index contributed by atoms with van der Waals surface area (Å²) in [6.45, 7) is 4.61. The van der Waals surface area contributed by atoms with Crippen LogP contribution in [0.15, 0.2) is 48.5 Å². The fourth-order valence-electron chi connectivity index (χ4n) is 2.37. The number of rotatable bonds is 6. The first-order valence-corrected chi connectivity index (χ1v) is 7.71. The van der Waals surface area contributed by atoms with E-state index >= 15 is 0 Å². The normalized spacial score (nSPS) is 12.0. The third-order valence-electron chi connectivity index (χ3n) is 3.93. The van der Waals surface area contributed by atoms with Crippen LogP contribution in [0.2, 0.25) is 0 Å². The number of nitrogens with zero attached hydrogens (tertiary/aromatic N) is 1. The quantitative estimate of drug-likeness (QED) is 0.888. The Morgan fingerprint density at radius 1 is 1.22 bits per heavy atom. The predicted molar refractivity (Wildman–Crippen MR) is 93.7 cm³/mol. The number of nitrogens with one attached hydrogen (secondary N) is 1. The average molecular weight is 312 g/mol. The van der Waals surface area contributed by atoms with Gasteiger partial charge in [-0.05, 0) is 44.2 Å². The molecule has 2 rings (SSSR count). The van der Waals surface area contributed by atoms with Crippen LogP contribution in [0.3, 0.4) is 0 Å². The van der Waals surface area contributed by atoms with E-state index < -0.39 is 0 Å². The van der Waals surface area contributed by atoms with Gasteiger partial charge in [-0.1, -0.05) is 36.4 Å². The molecule has 0 aliphatic carbocycles. The highest BCUT2D eigenvalue weighted by Crippen LogP contribution is 2.25. The molecule has 122 valence electrons. The molecule has 0 heterocycles. The number of hydrogen-bond acceptors (Lipinski definition) is 3. The van der Waals surface area contributed by atoms with Gasteiger partial charge in [0.2, 0.25) is 5.91 Å². The van der Waals surface area contributed by atoms with Crippen LogP contribution >= 0.6 is 0 Å². The van der Waals surface area contributed by atoms with Crippen LogP contribution in [0.4, 0.5) is 5.69 Å². The number of methoxy groups -OCH3 is 1. The second kappa shape index (κ2) is 7.79. The van der Waals surface area contributed by atoms with E-state index in [4.69, 9.17) is 4.74 Å². The first kappa shape index (κ1) is 17.0. The number of anilines is 1. The summed E-state index contributed by atoms with van der Waals surface area (Å²) in [6.07, 6.45) is 0. The van der Waals surface area contributed by atoms with Crippen LogP contribution in [-0.4, -0.2) is 31.0 Å². The summed E-state index contributed by atoms with van der Waals surface area (Å²) in [6, 6.07) is 15.6. The lowest BCUT2D eigenvalue weighted by Crippen LogP contribution is -2.39. The van der Waals surface area contributed by atoms with Crippen molar-refractivity contribution in [3.8, 4) is 5.75 Å². The average Bonchev–Trinajstić information content (AvgIpc) is 2.55. The first-order valence-electron chi connectivity index (χ1n) is 7.71. The lowest BCUT2D eigenvalue weighted by molar-refractivity contribution is -0.120. The molecule has 4 heteroatoms. The lowest BCUT2D eigenvalue weighted by atomic mass is 10.1. The molecule has 0 unspecified atom stereocenters. The zero-order valence-corrected chi connectivity index (χ0v) is 14.2. The minimum Gasteiger partial charge on any atom is -0.495 e. The van der Waals surface area contributed by atoms with E-state index in [2.05, 4.69) is 17.4 Å². The van der Waals surface area contributed by atoms with Crippen molar-refractivity contribution in [2.24, 2.45) is 0 Å². The van der Waals surface area contributed by atoms with Gasteiger partial charge >= 0.3 is 0 Å². The van der Waals surface area contributed by atoms with Crippen LogP contribution in [0, 0.1) is 6.92 Å². The topological polar surface area (TPSA) is 41.6 Å². The molecule has 23 heavy (non-hydrogen) atoms. The fraction of sp³-hybridized carbons (Fsp3) is 0.316. The number of aryl methyl sites for hydroxylation is 1. The predicted octanol–water partition coefficient (Wildman–Crippen LogP) is 3.46. The molecule has 4 nitrogen and oxygen atoms in total. The van der Waals surface area contributed by atoms with Crippen molar-refractivity contribution in [1.82, 2.24) is 4.90 Å². The lowest BCUT2D eigenvalue weighted by Gasteiger charge is -2.24. The molecule has 0 saturated heterocycles. The van der Waals surface area contributed by atoms with Crippen LogP contribution in [0.25, 0.3) is 0 Å². The Bertz CT molecular complexity index is 656. The molecule has 0 radical (unpaired) electrons. The molecular formula is C19H24N2O2. The number of ether oxygens (including phenoxy) is 1. The maximum Gasteiger partial charge on any atom is 0.241 e. The van der Waals surface area contributed by atoms with Crippen molar-refractivity contribution >= 4 is 11.6 Å². The second-order valence-electron chi connectivity index (χ2n) is 5.77. The summed E-state index contributed by atoms with van der Waals surface area (Å²) in [7, 11) is 3.55. The molecule has 2 aromatic carbocycles. The van der Waals surface area contributed by atoms with Crippen molar-refractivity contribution in [1.29, 1.82) is 0 Å². The Morgan fingerprint density at radius 3 is 2.57 bits per heavy atom. The first-order chi connectivity index (χ1) is 11.0. The maximum absolute atomic E-state index is 12.5. The number of likely N-dealkylation sites (N-methyl/N-ethyl adjacent to an activating group) is 1. The van der Waals surface area contributed by atoms with Crippen molar-refractivity contribution < 1.29 is 9.53 Å². The Morgan fingerprint density at radius 2 is 1.91 bits per heavy atom. The Labute approximate surface area is 138 Å². The van der Waals surface area contributed by atoms with Crippen molar-refractivity contribution in [3.05, 3.63) is 59.7 Å². The van der Waals surface area contributed by atoms with Gasteiger partial charge in [-0.15, -0.1) is 0 Å². The summed E-state index contributed by atoms with van der Waals surface area (Å²) in [5.41, 5.74) is 2.96. The molecule has 0 aromatic heterocycles. The van der Waals surface area contributed by atoms with Gasteiger partial charge in [0.1, 0.15) is 5.75 Å². The van der Waals surface area contributed by atoms with E-state index in [1.807, 2.05) is 62.2 Å². The third kappa shape index (κ3) is 4.57. The second-order valence-corrected chi connectivity index (χ2v) is 5.77. The number of amides is 1. The number of benzene rings is 2. The summed E-state index contributed by atoms with van der Waals surface area (Å²) in [5, 5.41) is 2.96. The van der Waals surface area contributed by atoms with Gasteiger partial charge in [-0.25, -0.2) is 0 Å². The third-order valence-corrected chi connectivity index (χ3v) is 3.93. The fourth-order valence-corrected chi connectivity index (χ4v) is 2.37. The molecular weight excluding hydrogens is 288 g/mol. The molecule has 0 aliphatic heterocycles. The van der Waals surface area contributed by atoms with Crippen molar-refractivity contribution in [2.75, 3.05) is 19.5 Å². The molecule has 1 atom stereocenters. The molecule has 1 N–H and O–H groups in total. The molecule has 0 aliphatic rings. The van der Waals surface area contributed by atoms with E-state index in [0.717, 1.165) is 12.1 Å². The molecule has 0 bridgehead atoms. The van der Waals surface area contributed by atoms with Crippen molar-refractivity contribution in [3.63, 3.8) is 0 Å². The van der Waals surface area contributed by atoms with Crippen LogP contribution < -0.4 is 10.1 Å². The zero-order chi connectivity index (χ0) is 16.8. The largest absolute Gasteiger partial charge is 0.495 e. The van der Waals surface area contributed by atoms with E-state index in [1.165, 1.54) is 5.56 Å². The monoisotopic (exact) mass is 312 g/mol. The van der Waals surface area contributed by atoms with Gasteiger partial charge < -0.3 is 10.1 Å². The highest BCUT2D eigenvalue weighted by molar-refractivity contribution is 5.95. The number of hydrogen-bond donors (Lipinski definition) is 1. The van der Waals surface area contributed by atoms with Crippen molar-refractivity contribution in [2.45, 2.75) is 26.4 Å². The van der Waals surface area contributed by atoms with Crippen LogP contribution in [0.1, 0.15) is 18.1 Å². The van der Waals surface area contributed by atoms with Crippen LogP contribution in [-0.2, 0) is 11.3 Å². The van der Waals surface area contributed by atoms with Gasteiger partial charge in [0, 0.05) is 6.54 Å².